The van der Waals surface area contributed by atoms with E-state index >= 15 is 0 Å². The fraction of sp³-hybridized carbons (Fsp3) is 0.320. The lowest BCUT2D eigenvalue weighted by molar-refractivity contribution is -0.0502. The molecule has 2 aromatic heterocycles. The van der Waals surface area contributed by atoms with E-state index in [2.05, 4.69) is 32.4 Å². The number of rotatable bonds is 5. The average molecular weight is 476 g/mol. The number of aromatic nitrogens is 5. The molecule has 4 aromatic rings. The zero-order chi connectivity index (χ0) is 24.1. The number of halogens is 2. The van der Waals surface area contributed by atoms with Crippen LogP contribution in [0, 0.1) is 23.5 Å². The lowest BCUT2D eigenvalue weighted by Gasteiger charge is -2.57. The highest BCUT2D eigenvalue weighted by Crippen LogP contribution is 2.47. The van der Waals surface area contributed by atoms with Crippen molar-refractivity contribution in [1.29, 1.82) is 0 Å². The molecule has 2 atom stereocenters. The SMILES string of the molecule is C[C@@H]1C2CC(C2)N(C(=O)c2cc(F)ccc2-n2nccn2)[C@@H]1CNc1cnc2cc(F)ccc2n1. The minimum atomic E-state index is -0.488. The Morgan fingerprint density at radius 3 is 2.60 bits per heavy atom. The van der Waals surface area contributed by atoms with Gasteiger partial charge in [-0.05, 0) is 55.0 Å². The molecule has 1 N–H and O–H groups in total. The Kier molecular flexibility index (Phi) is 5.16. The van der Waals surface area contributed by atoms with Gasteiger partial charge in [0.05, 0.1) is 46.9 Å². The van der Waals surface area contributed by atoms with E-state index in [9.17, 15) is 13.6 Å². The highest BCUT2D eigenvalue weighted by atomic mass is 19.1. The second kappa shape index (κ2) is 8.37. The van der Waals surface area contributed by atoms with Crippen molar-refractivity contribution in [2.24, 2.45) is 11.8 Å². The van der Waals surface area contributed by atoms with E-state index in [1.54, 1.807) is 12.3 Å². The number of amides is 1. The van der Waals surface area contributed by atoms with Gasteiger partial charge in [0.15, 0.2) is 0 Å². The van der Waals surface area contributed by atoms with Crippen molar-refractivity contribution in [3.05, 3.63) is 72.2 Å². The number of carbonyl (C=O) groups is 1. The standard InChI is InChI=1S/C25H23F2N7O/c1-14-15-8-18(9-15)33(25(35)19-10-16(26)3-5-22(19)34-30-6-7-31-34)23(14)12-29-24-13-28-21-11-17(27)2-4-20(21)32-24/h2-7,10-11,13-15,18,23H,8-9,12H2,1H3,(H,29,32)/t14-,15?,18?,23-/m1/s1. The first-order valence-electron chi connectivity index (χ1n) is 11.6. The summed E-state index contributed by atoms with van der Waals surface area (Å²) in [6, 6.07) is 8.35. The molecule has 3 fully saturated rings. The van der Waals surface area contributed by atoms with Crippen LogP contribution in [-0.2, 0) is 0 Å². The number of fused-ring (bicyclic) bond motifs is 3. The third kappa shape index (κ3) is 3.78. The van der Waals surface area contributed by atoms with Crippen molar-refractivity contribution in [2.75, 3.05) is 11.9 Å². The molecule has 1 saturated carbocycles. The molecular formula is C25H23F2N7O. The molecule has 4 heterocycles. The molecule has 2 aromatic carbocycles. The summed E-state index contributed by atoms with van der Waals surface area (Å²) in [4.78, 5) is 25.9. The molecule has 3 aliphatic rings. The predicted molar refractivity (Wildman–Crippen MR) is 125 cm³/mol. The molecule has 178 valence electrons. The monoisotopic (exact) mass is 475 g/mol. The summed E-state index contributed by atoms with van der Waals surface area (Å²) in [6.07, 6.45) is 6.48. The van der Waals surface area contributed by atoms with Crippen LogP contribution >= 0.6 is 0 Å². The molecule has 1 aliphatic carbocycles. The fourth-order valence-corrected chi connectivity index (χ4v) is 5.34. The zero-order valence-corrected chi connectivity index (χ0v) is 19.0. The highest BCUT2D eigenvalue weighted by molar-refractivity contribution is 5.98. The van der Waals surface area contributed by atoms with Gasteiger partial charge in [-0.25, -0.2) is 13.8 Å². The predicted octanol–water partition coefficient (Wildman–Crippen LogP) is 3.84. The van der Waals surface area contributed by atoms with Gasteiger partial charge < -0.3 is 10.2 Å². The maximum Gasteiger partial charge on any atom is 0.256 e. The second-order valence-corrected chi connectivity index (χ2v) is 9.27. The van der Waals surface area contributed by atoms with Crippen LogP contribution in [0.25, 0.3) is 16.7 Å². The van der Waals surface area contributed by atoms with E-state index in [4.69, 9.17) is 0 Å². The highest BCUT2D eigenvalue weighted by Gasteiger charge is 2.50. The number of nitrogens with zero attached hydrogens (tertiary/aromatic N) is 6. The van der Waals surface area contributed by atoms with Crippen LogP contribution in [0.15, 0.2) is 55.0 Å². The summed E-state index contributed by atoms with van der Waals surface area (Å²) in [6.45, 7) is 2.62. The molecule has 0 unspecified atom stereocenters. The Balaban J connectivity index is 1.29. The van der Waals surface area contributed by atoms with Crippen LogP contribution in [0.2, 0.25) is 0 Å². The number of benzene rings is 2. The van der Waals surface area contributed by atoms with E-state index in [1.165, 1.54) is 47.5 Å². The summed E-state index contributed by atoms with van der Waals surface area (Å²) in [5, 5.41) is 11.6. The minimum absolute atomic E-state index is 0.0999. The molecule has 2 aliphatic heterocycles. The number of piperidine rings is 2. The third-order valence-electron chi connectivity index (χ3n) is 7.31. The van der Waals surface area contributed by atoms with Gasteiger partial charge in [-0.2, -0.15) is 15.0 Å². The first-order chi connectivity index (χ1) is 17.0. The first-order valence-corrected chi connectivity index (χ1v) is 11.6. The summed E-state index contributed by atoms with van der Waals surface area (Å²) < 4.78 is 27.7. The Morgan fingerprint density at radius 2 is 1.80 bits per heavy atom. The maximum absolute atomic E-state index is 14.2. The minimum Gasteiger partial charge on any atom is -0.367 e. The van der Waals surface area contributed by atoms with Gasteiger partial charge in [0.1, 0.15) is 17.5 Å². The van der Waals surface area contributed by atoms with Crippen LogP contribution < -0.4 is 5.32 Å². The number of carbonyl (C=O) groups excluding carboxylic acids is 1. The van der Waals surface area contributed by atoms with E-state index in [0.717, 1.165) is 12.8 Å². The number of nitrogens with one attached hydrogen (secondary N) is 1. The summed E-state index contributed by atoms with van der Waals surface area (Å²) >= 11 is 0. The molecule has 1 amide bonds. The molecule has 0 spiro atoms. The van der Waals surface area contributed by atoms with Crippen LogP contribution in [0.5, 0.6) is 0 Å². The smallest absolute Gasteiger partial charge is 0.256 e. The normalized spacial score (nSPS) is 23.2. The first kappa shape index (κ1) is 21.6. The quantitative estimate of drug-likeness (QED) is 0.472. The Bertz CT molecular complexity index is 1400. The van der Waals surface area contributed by atoms with Crippen molar-refractivity contribution in [3.63, 3.8) is 0 Å². The second-order valence-electron chi connectivity index (χ2n) is 9.27. The van der Waals surface area contributed by atoms with Crippen LogP contribution in [-0.4, -0.2) is 54.4 Å². The molecule has 8 nitrogen and oxygen atoms in total. The lowest BCUT2D eigenvalue weighted by atomic mass is 9.64. The molecule has 2 bridgehead atoms. The molecule has 7 rings (SSSR count). The van der Waals surface area contributed by atoms with Gasteiger partial charge in [0, 0.05) is 18.7 Å². The number of anilines is 1. The van der Waals surface area contributed by atoms with Crippen LogP contribution in [0.1, 0.15) is 30.1 Å². The Hall–Kier alpha value is -3.95. The Labute approximate surface area is 200 Å². The lowest BCUT2D eigenvalue weighted by Crippen LogP contribution is -2.64. The maximum atomic E-state index is 14.2. The molecule has 10 heteroatoms. The van der Waals surface area contributed by atoms with Gasteiger partial charge in [0.2, 0.25) is 0 Å². The van der Waals surface area contributed by atoms with Gasteiger partial charge in [-0.15, -0.1) is 0 Å². The molecule has 0 radical (unpaired) electrons. The van der Waals surface area contributed by atoms with Crippen molar-refractivity contribution >= 4 is 22.8 Å². The van der Waals surface area contributed by atoms with Crippen LogP contribution in [0.4, 0.5) is 14.6 Å². The molecular weight excluding hydrogens is 452 g/mol. The van der Waals surface area contributed by atoms with Crippen LogP contribution in [0.3, 0.4) is 0 Å². The van der Waals surface area contributed by atoms with Gasteiger partial charge in [0.25, 0.3) is 5.91 Å². The van der Waals surface area contributed by atoms with E-state index in [1.807, 2.05) is 4.90 Å². The third-order valence-corrected chi connectivity index (χ3v) is 7.31. The van der Waals surface area contributed by atoms with Crippen molar-refractivity contribution < 1.29 is 13.6 Å². The van der Waals surface area contributed by atoms with Gasteiger partial charge >= 0.3 is 0 Å². The largest absolute Gasteiger partial charge is 0.367 e. The summed E-state index contributed by atoms with van der Waals surface area (Å²) in [5.41, 5.74) is 1.73. The van der Waals surface area contributed by atoms with E-state index < -0.39 is 5.82 Å². The molecule has 2 saturated heterocycles. The molecule has 35 heavy (non-hydrogen) atoms. The number of hydrogen-bond acceptors (Lipinski definition) is 6. The fourth-order valence-electron chi connectivity index (χ4n) is 5.34. The van der Waals surface area contributed by atoms with E-state index in [-0.39, 0.29) is 35.3 Å². The van der Waals surface area contributed by atoms with Crippen molar-refractivity contribution in [2.45, 2.75) is 31.8 Å². The van der Waals surface area contributed by atoms with Gasteiger partial charge in [-0.3, -0.25) is 9.78 Å². The summed E-state index contributed by atoms with van der Waals surface area (Å²) in [7, 11) is 0. The van der Waals surface area contributed by atoms with Crippen molar-refractivity contribution in [1.82, 2.24) is 29.9 Å². The topological polar surface area (TPSA) is 88.8 Å². The Morgan fingerprint density at radius 1 is 1.06 bits per heavy atom. The zero-order valence-electron chi connectivity index (χ0n) is 19.0. The van der Waals surface area contributed by atoms with E-state index in [0.29, 0.717) is 35.0 Å². The number of hydrogen-bond donors (Lipinski definition) is 1. The van der Waals surface area contributed by atoms with Crippen molar-refractivity contribution in [3.8, 4) is 5.69 Å². The average Bonchev–Trinajstić information content (AvgIpc) is 3.36. The van der Waals surface area contributed by atoms with Gasteiger partial charge in [-0.1, -0.05) is 6.92 Å². The summed E-state index contributed by atoms with van der Waals surface area (Å²) in [5.74, 6) is 0.256.